The molecule has 0 aliphatic rings. The van der Waals surface area contributed by atoms with Crippen LogP contribution in [0.5, 0.6) is 11.5 Å². The van der Waals surface area contributed by atoms with Crippen LogP contribution in [0.25, 0.3) is 0 Å². The fourth-order valence-corrected chi connectivity index (χ4v) is 2.36. The van der Waals surface area contributed by atoms with E-state index in [1.165, 1.54) is 12.3 Å². The van der Waals surface area contributed by atoms with Crippen LogP contribution in [0.1, 0.15) is 11.1 Å². The second kappa shape index (κ2) is 7.99. The Labute approximate surface area is 147 Å². The third-order valence-corrected chi connectivity index (χ3v) is 3.61. The molecule has 2 aromatic carbocycles. The lowest BCUT2D eigenvalue weighted by atomic mass is 10.2. The quantitative estimate of drug-likeness (QED) is 0.598. The van der Waals surface area contributed by atoms with Crippen LogP contribution in [0.2, 0.25) is 5.02 Å². The van der Waals surface area contributed by atoms with E-state index in [1.54, 1.807) is 30.3 Å². The molecule has 0 atom stereocenters. The summed E-state index contributed by atoms with van der Waals surface area (Å²) < 4.78 is 6.19. The van der Waals surface area contributed by atoms with Gasteiger partial charge in [-0.15, -0.1) is 0 Å². The number of nitrogens with zero attached hydrogens (tertiary/aromatic N) is 1. The lowest BCUT2D eigenvalue weighted by Gasteiger charge is -2.08. The van der Waals surface area contributed by atoms with E-state index in [2.05, 4.69) is 26.5 Å². The molecule has 7 heteroatoms. The Bertz CT molecular complexity index is 750. The summed E-state index contributed by atoms with van der Waals surface area (Å²) in [5, 5.41) is 14.0. The summed E-state index contributed by atoms with van der Waals surface area (Å²) in [6.45, 7) is 1.66. The number of carbonyl (C=O) groups is 1. The summed E-state index contributed by atoms with van der Waals surface area (Å²) in [6.07, 6.45) is 1.35. The van der Waals surface area contributed by atoms with Gasteiger partial charge in [-0.2, -0.15) is 5.10 Å². The topological polar surface area (TPSA) is 70.9 Å². The Morgan fingerprint density at radius 1 is 1.39 bits per heavy atom. The van der Waals surface area contributed by atoms with Gasteiger partial charge < -0.3 is 9.84 Å². The molecule has 0 unspecified atom stereocenters. The third kappa shape index (κ3) is 5.26. The first-order chi connectivity index (χ1) is 11.0. The highest BCUT2D eigenvalue weighted by molar-refractivity contribution is 9.10. The summed E-state index contributed by atoms with van der Waals surface area (Å²) in [7, 11) is 0. The number of aromatic hydroxyl groups is 1. The van der Waals surface area contributed by atoms with Crippen molar-refractivity contribution < 1.29 is 14.6 Å². The molecule has 2 rings (SSSR count). The molecule has 0 spiro atoms. The average Bonchev–Trinajstić information content (AvgIpc) is 2.50. The van der Waals surface area contributed by atoms with Crippen molar-refractivity contribution in [3.63, 3.8) is 0 Å². The van der Waals surface area contributed by atoms with E-state index >= 15 is 0 Å². The van der Waals surface area contributed by atoms with Gasteiger partial charge in [0.25, 0.3) is 5.91 Å². The van der Waals surface area contributed by atoms with Crippen molar-refractivity contribution in [3.05, 3.63) is 57.0 Å². The molecular formula is C16H14BrClN2O3. The monoisotopic (exact) mass is 396 g/mol. The zero-order valence-electron chi connectivity index (χ0n) is 12.2. The number of rotatable bonds is 5. The first-order valence-corrected chi connectivity index (χ1v) is 7.82. The largest absolute Gasteiger partial charge is 0.507 e. The molecule has 2 aromatic rings. The molecule has 0 heterocycles. The summed E-state index contributed by atoms with van der Waals surface area (Å²) in [4.78, 5) is 11.7. The molecule has 0 aliphatic heterocycles. The molecule has 0 fully saturated rings. The minimum Gasteiger partial charge on any atom is -0.507 e. The van der Waals surface area contributed by atoms with E-state index in [0.29, 0.717) is 16.3 Å². The maximum absolute atomic E-state index is 11.7. The molecular weight excluding hydrogens is 384 g/mol. The molecule has 0 radical (unpaired) electrons. The first kappa shape index (κ1) is 17.3. The van der Waals surface area contributed by atoms with Gasteiger partial charge in [-0.3, -0.25) is 4.79 Å². The predicted molar refractivity (Wildman–Crippen MR) is 93.2 cm³/mol. The van der Waals surface area contributed by atoms with Crippen LogP contribution in [0.15, 0.2) is 46.0 Å². The molecule has 1 amide bonds. The number of nitrogens with one attached hydrogen (secondary N) is 1. The van der Waals surface area contributed by atoms with Gasteiger partial charge in [-0.1, -0.05) is 27.5 Å². The summed E-state index contributed by atoms with van der Waals surface area (Å²) >= 11 is 9.14. The molecule has 120 valence electrons. The molecule has 0 aromatic heterocycles. The van der Waals surface area contributed by atoms with Crippen LogP contribution < -0.4 is 10.2 Å². The number of hydrogen-bond acceptors (Lipinski definition) is 4. The lowest BCUT2D eigenvalue weighted by Crippen LogP contribution is -2.24. The molecule has 0 aliphatic carbocycles. The SMILES string of the molecule is Cc1cc(Cl)ccc1OCC(=O)NN=Cc1cc(Br)ccc1O. The van der Waals surface area contributed by atoms with Crippen LogP contribution in [0, 0.1) is 6.92 Å². The van der Waals surface area contributed by atoms with Crippen molar-refractivity contribution in [2.45, 2.75) is 6.92 Å². The number of ether oxygens (including phenoxy) is 1. The zero-order valence-corrected chi connectivity index (χ0v) is 14.6. The highest BCUT2D eigenvalue weighted by atomic mass is 79.9. The van der Waals surface area contributed by atoms with Crippen molar-refractivity contribution in [1.29, 1.82) is 0 Å². The predicted octanol–water partition coefficient (Wildman–Crippen LogP) is 3.65. The number of phenolic OH excluding ortho intramolecular Hbond substituents is 1. The molecule has 0 bridgehead atoms. The number of halogens is 2. The van der Waals surface area contributed by atoms with E-state index in [1.807, 2.05) is 6.92 Å². The maximum Gasteiger partial charge on any atom is 0.277 e. The highest BCUT2D eigenvalue weighted by Crippen LogP contribution is 2.22. The van der Waals surface area contributed by atoms with Crippen molar-refractivity contribution >= 4 is 39.7 Å². The Balaban J connectivity index is 1.87. The minimum atomic E-state index is -0.412. The molecule has 0 saturated heterocycles. The fourth-order valence-electron chi connectivity index (χ4n) is 1.75. The van der Waals surface area contributed by atoms with E-state index in [0.717, 1.165) is 10.0 Å². The highest BCUT2D eigenvalue weighted by Gasteiger charge is 2.05. The van der Waals surface area contributed by atoms with Gasteiger partial charge in [-0.05, 0) is 48.9 Å². The van der Waals surface area contributed by atoms with E-state index in [9.17, 15) is 9.90 Å². The Hall–Kier alpha value is -2.05. The Morgan fingerprint density at radius 3 is 2.91 bits per heavy atom. The number of hydrazone groups is 1. The van der Waals surface area contributed by atoms with Crippen LogP contribution >= 0.6 is 27.5 Å². The van der Waals surface area contributed by atoms with Gasteiger partial charge in [0, 0.05) is 15.1 Å². The minimum absolute atomic E-state index is 0.0687. The maximum atomic E-state index is 11.7. The number of amides is 1. The fraction of sp³-hybridized carbons (Fsp3) is 0.125. The molecule has 2 N–H and O–H groups in total. The summed E-state index contributed by atoms with van der Waals surface area (Å²) in [5.41, 5.74) is 3.65. The smallest absolute Gasteiger partial charge is 0.277 e. The first-order valence-electron chi connectivity index (χ1n) is 6.65. The number of phenols is 1. The molecule has 0 saturated carbocycles. The van der Waals surface area contributed by atoms with Crippen LogP contribution in [0.3, 0.4) is 0 Å². The van der Waals surface area contributed by atoms with Crippen molar-refractivity contribution in [3.8, 4) is 11.5 Å². The number of aryl methyl sites for hydroxylation is 1. The van der Waals surface area contributed by atoms with Crippen molar-refractivity contribution in [1.82, 2.24) is 5.43 Å². The van der Waals surface area contributed by atoms with Crippen LogP contribution in [-0.2, 0) is 4.79 Å². The summed E-state index contributed by atoms with van der Waals surface area (Å²) in [6, 6.07) is 10.1. The van der Waals surface area contributed by atoms with E-state index < -0.39 is 5.91 Å². The van der Waals surface area contributed by atoms with E-state index in [-0.39, 0.29) is 12.4 Å². The number of benzene rings is 2. The standard InChI is InChI=1S/C16H14BrClN2O3/c1-10-6-13(18)3-5-15(10)23-9-16(22)20-19-8-11-7-12(17)2-4-14(11)21/h2-8,21H,9H2,1H3,(H,20,22). The van der Waals surface area contributed by atoms with Crippen molar-refractivity contribution in [2.24, 2.45) is 5.10 Å². The second-order valence-corrected chi connectivity index (χ2v) is 6.05. The van der Waals surface area contributed by atoms with Gasteiger partial charge in [-0.25, -0.2) is 5.43 Å². The van der Waals surface area contributed by atoms with Crippen molar-refractivity contribution in [2.75, 3.05) is 6.61 Å². The Kier molecular flexibility index (Phi) is 6.01. The second-order valence-electron chi connectivity index (χ2n) is 4.69. The average molecular weight is 398 g/mol. The van der Waals surface area contributed by atoms with Gasteiger partial charge in [0.2, 0.25) is 0 Å². The molecule has 5 nitrogen and oxygen atoms in total. The van der Waals surface area contributed by atoms with E-state index in [4.69, 9.17) is 16.3 Å². The van der Waals surface area contributed by atoms with Gasteiger partial charge in [0.05, 0.1) is 6.21 Å². The van der Waals surface area contributed by atoms with Gasteiger partial charge in [0.15, 0.2) is 6.61 Å². The Morgan fingerprint density at radius 2 is 2.17 bits per heavy atom. The normalized spacial score (nSPS) is 10.7. The zero-order chi connectivity index (χ0) is 16.8. The van der Waals surface area contributed by atoms with Crippen LogP contribution in [-0.4, -0.2) is 23.8 Å². The summed E-state index contributed by atoms with van der Waals surface area (Å²) in [5.74, 6) is 0.238. The van der Waals surface area contributed by atoms with Gasteiger partial charge >= 0.3 is 0 Å². The molecule has 23 heavy (non-hydrogen) atoms. The number of hydrogen-bond donors (Lipinski definition) is 2. The number of carbonyl (C=O) groups excluding carboxylic acids is 1. The van der Waals surface area contributed by atoms with Crippen LogP contribution in [0.4, 0.5) is 0 Å². The third-order valence-electron chi connectivity index (χ3n) is 2.88. The lowest BCUT2D eigenvalue weighted by molar-refractivity contribution is -0.123. The van der Waals surface area contributed by atoms with Gasteiger partial charge in [0.1, 0.15) is 11.5 Å².